The van der Waals surface area contributed by atoms with Crippen molar-refractivity contribution in [1.82, 2.24) is 15.1 Å². The number of benzene rings is 1. The largest absolute Gasteiger partial charge is 0.494 e. The number of rotatable bonds is 2. The van der Waals surface area contributed by atoms with E-state index >= 15 is 0 Å². The van der Waals surface area contributed by atoms with Crippen molar-refractivity contribution in [3.63, 3.8) is 0 Å². The molecule has 17 heavy (non-hydrogen) atoms. The van der Waals surface area contributed by atoms with Gasteiger partial charge in [-0.25, -0.2) is 4.68 Å². The first-order chi connectivity index (χ1) is 8.28. The monoisotopic (exact) mass is 229 g/mol. The van der Waals surface area contributed by atoms with Crippen LogP contribution in [0.25, 0.3) is 5.69 Å². The van der Waals surface area contributed by atoms with Gasteiger partial charge < -0.3 is 10.1 Å². The van der Waals surface area contributed by atoms with E-state index in [0.29, 0.717) is 0 Å². The predicted molar refractivity (Wildman–Crippen MR) is 65.4 cm³/mol. The second-order valence-corrected chi connectivity index (χ2v) is 4.32. The third kappa shape index (κ3) is 1.70. The van der Waals surface area contributed by atoms with E-state index in [1.54, 1.807) is 7.11 Å². The predicted octanol–water partition coefficient (Wildman–Crippen LogP) is 1.79. The maximum atomic E-state index is 5.38. The summed E-state index contributed by atoms with van der Waals surface area (Å²) < 4.78 is 7.29. The van der Waals surface area contributed by atoms with Crippen molar-refractivity contribution >= 4 is 0 Å². The topological polar surface area (TPSA) is 39.1 Å². The Hall–Kier alpha value is -1.81. The average molecular weight is 229 g/mol. The van der Waals surface area contributed by atoms with Gasteiger partial charge in [-0.05, 0) is 24.6 Å². The van der Waals surface area contributed by atoms with Gasteiger partial charge in [-0.1, -0.05) is 6.07 Å². The van der Waals surface area contributed by atoms with Gasteiger partial charge in [0.2, 0.25) is 0 Å². The van der Waals surface area contributed by atoms with Crippen molar-refractivity contribution in [2.75, 3.05) is 7.11 Å². The summed E-state index contributed by atoms with van der Waals surface area (Å²) in [7, 11) is 1.69. The van der Waals surface area contributed by atoms with Crippen LogP contribution >= 0.6 is 0 Å². The minimum Gasteiger partial charge on any atom is -0.494 e. The van der Waals surface area contributed by atoms with Gasteiger partial charge in [0, 0.05) is 24.8 Å². The molecule has 2 heterocycles. The smallest absolute Gasteiger partial charge is 0.144 e. The second kappa shape index (κ2) is 3.89. The maximum Gasteiger partial charge on any atom is 0.144 e. The van der Waals surface area contributed by atoms with E-state index in [-0.39, 0.29) is 0 Å². The minimum atomic E-state index is 0.852. The van der Waals surface area contributed by atoms with Crippen LogP contribution in [0.2, 0.25) is 0 Å². The highest BCUT2D eigenvalue weighted by Crippen LogP contribution is 2.25. The summed E-state index contributed by atoms with van der Waals surface area (Å²) in [5.74, 6) is 0.852. The van der Waals surface area contributed by atoms with Crippen molar-refractivity contribution in [2.45, 2.75) is 20.0 Å². The number of hydrogen-bond acceptors (Lipinski definition) is 3. The highest BCUT2D eigenvalue weighted by molar-refractivity contribution is 5.49. The first kappa shape index (κ1) is 10.4. The van der Waals surface area contributed by atoms with Crippen molar-refractivity contribution in [3.8, 4) is 11.4 Å². The molecule has 1 aromatic heterocycles. The quantitative estimate of drug-likeness (QED) is 0.853. The molecule has 0 saturated heterocycles. The van der Waals surface area contributed by atoms with E-state index in [4.69, 9.17) is 4.74 Å². The molecule has 1 aromatic carbocycles. The average Bonchev–Trinajstić information content (AvgIpc) is 2.88. The zero-order valence-corrected chi connectivity index (χ0v) is 10.0. The fourth-order valence-corrected chi connectivity index (χ4v) is 2.16. The van der Waals surface area contributed by atoms with Gasteiger partial charge in [0.15, 0.2) is 0 Å². The standard InChI is InChI=1S/C13H15N3O/c1-9-3-4-13(17-2)12(5-9)16-8-10-6-14-7-11(10)15-16/h3-5,8,14H,6-7H2,1-2H3. The molecule has 4 heteroatoms. The molecule has 0 amide bonds. The van der Waals surface area contributed by atoms with Gasteiger partial charge in [-0.2, -0.15) is 5.10 Å². The fourth-order valence-electron chi connectivity index (χ4n) is 2.16. The number of ether oxygens (including phenoxy) is 1. The van der Waals surface area contributed by atoms with Crippen LogP contribution in [-0.2, 0) is 13.1 Å². The van der Waals surface area contributed by atoms with Crippen LogP contribution in [0.5, 0.6) is 5.75 Å². The number of methoxy groups -OCH3 is 1. The van der Waals surface area contributed by atoms with Gasteiger partial charge in [0.1, 0.15) is 11.4 Å². The van der Waals surface area contributed by atoms with Gasteiger partial charge in [0.05, 0.1) is 12.8 Å². The number of nitrogens with one attached hydrogen (secondary N) is 1. The van der Waals surface area contributed by atoms with Gasteiger partial charge in [-0.3, -0.25) is 0 Å². The zero-order valence-electron chi connectivity index (χ0n) is 10.0. The molecule has 2 aromatic rings. The highest BCUT2D eigenvalue weighted by Gasteiger charge is 2.16. The van der Waals surface area contributed by atoms with E-state index in [2.05, 4.69) is 29.6 Å². The molecule has 1 aliphatic rings. The lowest BCUT2D eigenvalue weighted by Gasteiger charge is -2.09. The molecule has 0 unspecified atom stereocenters. The molecular weight excluding hydrogens is 214 g/mol. The molecule has 0 bridgehead atoms. The van der Waals surface area contributed by atoms with Crippen LogP contribution in [-0.4, -0.2) is 16.9 Å². The molecule has 0 spiro atoms. The molecule has 1 N–H and O–H groups in total. The van der Waals surface area contributed by atoms with E-state index in [9.17, 15) is 0 Å². The third-order valence-corrected chi connectivity index (χ3v) is 3.07. The first-order valence-corrected chi connectivity index (χ1v) is 5.71. The molecule has 0 fully saturated rings. The Morgan fingerprint density at radius 1 is 1.35 bits per heavy atom. The number of hydrogen-bond donors (Lipinski definition) is 1. The van der Waals surface area contributed by atoms with Crippen molar-refractivity contribution < 1.29 is 4.74 Å². The molecule has 0 saturated carbocycles. The third-order valence-electron chi connectivity index (χ3n) is 3.07. The van der Waals surface area contributed by atoms with Gasteiger partial charge >= 0.3 is 0 Å². The minimum absolute atomic E-state index is 0.852. The van der Waals surface area contributed by atoms with Crippen LogP contribution in [0.15, 0.2) is 24.4 Å². The summed E-state index contributed by atoms with van der Waals surface area (Å²) in [5, 5.41) is 7.86. The SMILES string of the molecule is COc1ccc(C)cc1-n1cc2c(n1)CNC2. The van der Waals surface area contributed by atoms with Crippen molar-refractivity contribution in [1.29, 1.82) is 0 Å². The van der Waals surface area contributed by atoms with Crippen molar-refractivity contribution in [2.24, 2.45) is 0 Å². The number of aromatic nitrogens is 2. The Labute approximate surface area is 100 Å². The lowest BCUT2D eigenvalue weighted by molar-refractivity contribution is 0.411. The summed E-state index contributed by atoms with van der Waals surface area (Å²) >= 11 is 0. The molecule has 4 nitrogen and oxygen atoms in total. The van der Waals surface area contributed by atoms with Crippen LogP contribution < -0.4 is 10.1 Å². The molecule has 3 rings (SSSR count). The van der Waals surface area contributed by atoms with Crippen LogP contribution in [0, 0.1) is 6.92 Å². The van der Waals surface area contributed by atoms with Crippen molar-refractivity contribution in [3.05, 3.63) is 41.2 Å². The summed E-state index contributed by atoms with van der Waals surface area (Å²) in [6.07, 6.45) is 2.08. The Bertz CT molecular complexity index is 538. The molecule has 88 valence electrons. The molecule has 0 radical (unpaired) electrons. The van der Waals surface area contributed by atoms with Gasteiger partial charge in [0.25, 0.3) is 0 Å². The molecular formula is C13H15N3O. The Morgan fingerprint density at radius 3 is 3.00 bits per heavy atom. The Kier molecular flexibility index (Phi) is 2.37. The van der Waals surface area contributed by atoms with E-state index < -0.39 is 0 Å². The molecule has 0 atom stereocenters. The summed E-state index contributed by atoms with van der Waals surface area (Å²) in [6.45, 7) is 3.83. The summed E-state index contributed by atoms with van der Waals surface area (Å²) in [4.78, 5) is 0. The van der Waals surface area contributed by atoms with E-state index in [0.717, 1.165) is 30.2 Å². The number of fused-ring (bicyclic) bond motifs is 1. The first-order valence-electron chi connectivity index (χ1n) is 5.71. The number of nitrogens with zero attached hydrogens (tertiary/aromatic N) is 2. The zero-order chi connectivity index (χ0) is 11.8. The van der Waals surface area contributed by atoms with E-state index in [1.807, 2.05) is 16.8 Å². The lowest BCUT2D eigenvalue weighted by atomic mass is 10.2. The maximum absolute atomic E-state index is 5.38. The summed E-state index contributed by atoms with van der Waals surface area (Å²) in [6, 6.07) is 6.12. The van der Waals surface area contributed by atoms with Gasteiger partial charge in [-0.15, -0.1) is 0 Å². The van der Waals surface area contributed by atoms with E-state index in [1.165, 1.54) is 11.1 Å². The van der Waals surface area contributed by atoms with Crippen LogP contribution in [0.3, 0.4) is 0 Å². The number of aryl methyl sites for hydroxylation is 1. The fraction of sp³-hybridized carbons (Fsp3) is 0.308. The highest BCUT2D eigenvalue weighted by atomic mass is 16.5. The lowest BCUT2D eigenvalue weighted by Crippen LogP contribution is -2.06. The molecule has 0 aliphatic carbocycles. The van der Waals surface area contributed by atoms with Crippen LogP contribution in [0.4, 0.5) is 0 Å². The second-order valence-electron chi connectivity index (χ2n) is 4.32. The van der Waals surface area contributed by atoms with Crippen LogP contribution in [0.1, 0.15) is 16.8 Å². The Morgan fingerprint density at radius 2 is 2.24 bits per heavy atom. The Balaban J connectivity index is 2.10. The molecule has 1 aliphatic heterocycles. The summed E-state index contributed by atoms with van der Waals surface area (Å²) in [5.41, 5.74) is 4.61. The normalized spacial score (nSPS) is 13.8.